The smallest absolute Gasteiger partial charge is 0.300 e. The van der Waals surface area contributed by atoms with E-state index in [1.54, 1.807) is 21.5 Å². The molecular weight excluding hydrogens is 184 g/mol. The van der Waals surface area contributed by atoms with Crippen molar-refractivity contribution >= 4 is 12.6 Å². The first-order valence-electron chi connectivity index (χ1n) is 4.22. The van der Waals surface area contributed by atoms with Gasteiger partial charge in [-0.05, 0) is 12.5 Å². The Bertz CT molecular complexity index is 351. The Labute approximate surface area is 83.1 Å². The van der Waals surface area contributed by atoms with Crippen LogP contribution in [-0.2, 0) is 13.1 Å². The quantitative estimate of drug-likeness (QED) is 0.570. The second-order valence-electron chi connectivity index (χ2n) is 2.90. The summed E-state index contributed by atoms with van der Waals surface area (Å²) in [7, 11) is 0. The first-order valence-corrected chi connectivity index (χ1v) is 4.85. The van der Waals surface area contributed by atoms with Gasteiger partial charge in [-0.1, -0.05) is 6.58 Å². The van der Waals surface area contributed by atoms with Gasteiger partial charge in [0.25, 0.3) is 0 Å². The Kier molecular flexibility index (Phi) is 3.42. The third-order valence-electron chi connectivity index (χ3n) is 1.88. The zero-order chi connectivity index (χ0) is 9.84. The van der Waals surface area contributed by atoms with E-state index in [0.717, 1.165) is 5.57 Å². The molecule has 0 radical (unpaired) electrons. The molecule has 0 saturated heterocycles. The summed E-state index contributed by atoms with van der Waals surface area (Å²) >= 11 is 4.09. The molecule has 4 heteroatoms. The first-order chi connectivity index (χ1) is 6.19. The number of thiol groups is 1. The Hall–Kier alpha value is -0.900. The molecule has 0 atom stereocenters. The lowest BCUT2D eigenvalue weighted by Gasteiger charge is -2.01. The molecule has 3 nitrogen and oxygen atoms in total. The lowest BCUT2D eigenvalue weighted by molar-refractivity contribution is 0.665. The summed E-state index contributed by atoms with van der Waals surface area (Å²) < 4.78 is 3.30. The van der Waals surface area contributed by atoms with Crippen LogP contribution in [-0.4, -0.2) is 14.9 Å². The topological polar surface area (TPSA) is 26.9 Å². The Morgan fingerprint density at radius 2 is 2.15 bits per heavy atom. The first kappa shape index (κ1) is 10.2. The highest BCUT2D eigenvalue weighted by Gasteiger charge is 2.01. The highest BCUT2D eigenvalue weighted by molar-refractivity contribution is 7.80. The van der Waals surface area contributed by atoms with Gasteiger partial charge < -0.3 is 0 Å². The van der Waals surface area contributed by atoms with Crippen molar-refractivity contribution in [3.8, 4) is 0 Å². The van der Waals surface area contributed by atoms with Crippen LogP contribution in [0.1, 0.15) is 6.92 Å². The predicted molar refractivity (Wildman–Crippen MR) is 57.4 cm³/mol. The maximum Gasteiger partial charge on any atom is 0.328 e. The molecule has 0 fully saturated rings. The van der Waals surface area contributed by atoms with Gasteiger partial charge in [-0.2, -0.15) is 12.6 Å². The number of aryl methyl sites for hydroxylation is 1. The number of imidazole rings is 1. The minimum absolute atomic E-state index is 0.0189. The van der Waals surface area contributed by atoms with E-state index in [4.69, 9.17) is 0 Å². The van der Waals surface area contributed by atoms with Crippen LogP contribution in [0.15, 0.2) is 29.3 Å². The lowest BCUT2D eigenvalue weighted by atomic mass is 10.3. The van der Waals surface area contributed by atoms with Crippen molar-refractivity contribution in [2.75, 3.05) is 5.75 Å². The highest BCUT2D eigenvalue weighted by atomic mass is 32.1. The summed E-state index contributed by atoms with van der Waals surface area (Å²) in [5, 5.41) is 0. The van der Waals surface area contributed by atoms with Gasteiger partial charge in [-0.3, -0.25) is 9.13 Å². The van der Waals surface area contributed by atoms with Crippen molar-refractivity contribution < 1.29 is 0 Å². The van der Waals surface area contributed by atoms with E-state index in [-0.39, 0.29) is 5.69 Å². The number of aromatic nitrogens is 2. The number of nitrogens with zero attached hydrogens (tertiary/aromatic N) is 2. The van der Waals surface area contributed by atoms with Gasteiger partial charge in [0.2, 0.25) is 0 Å². The maximum absolute atomic E-state index is 11.5. The monoisotopic (exact) mass is 198 g/mol. The highest BCUT2D eigenvalue weighted by Crippen LogP contribution is 1.97. The van der Waals surface area contributed by atoms with Crippen molar-refractivity contribution in [1.29, 1.82) is 0 Å². The largest absolute Gasteiger partial charge is 0.328 e. The average molecular weight is 198 g/mol. The molecule has 0 bridgehead atoms. The molecule has 0 aliphatic rings. The second-order valence-corrected chi connectivity index (χ2v) is 3.22. The Balaban J connectivity index is 2.84. The molecule has 72 valence electrons. The Morgan fingerprint density at radius 3 is 2.62 bits per heavy atom. The molecule has 0 unspecified atom stereocenters. The van der Waals surface area contributed by atoms with E-state index in [0.29, 0.717) is 18.8 Å². The molecule has 1 rings (SSSR count). The van der Waals surface area contributed by atoms with Crippen LogP contribution in [0.25, 0.3) is 0 Å². The molecule has 0 spiro atoms. The van der Waals surface area contributed by atoms with Crippen molar-refractivity contribution in [2.45, 2.75) is 20.0 Å². The molecule has 0 aromatic carbocycles. The van der Waals surface area contributed by atoms with Gasteiger partial charge in [0.1, 0.15) is 0 Å². The lowest BCUT2D eigenvalue weighted by Crippen LogP contribution is -2.24. The van der Waals surface area contributed by atoms with Crippen molar-refractivity contribution in [2.24, 2.45) is 0 Å². The standard InChI is InChI=1S/C9H14N2OS/c1-3-10-4-5-11(9(10)12)6-8(2)7-13/h4-5,13H,2-3,6-7H2,1H3. The van der Waals surface area contributed by atoms with E-state index in [1.807, 2.05) is 6.92 Å². The number of rotatable bonds is 4. The fourth-order valence-corrected chi connectivity index (χ4v) is 1.21. The van der Waals surface area contributed by atoms with E-state index in [9.17, 15) is 4.79 Å². The molecule has 1 aromatic rings. The molecule has 0 N–H and O–H groups in total. The van der Waals surface area contributed by atoms with Crippen LogP contribution < -0.4 is 5.69 Å². The number of hydrogen-bond donors (Lipinski definition) is 1. The van der Waals surface area contributed by atoms with Gasteiger partial charge in [-0.15, -0.1) is 0 Å². The zero-order valence-electron chi connectivity index (χ0n) is 7.73. The predicted octanol–water partition coefficient (Wildman–Crippen LogP) is 1.16. The normalized spacial score (nSPS) is 10.3. The number of hydrogen-bond acceptors (Lipinski definition) is 2. The van der Waals surface area contributed by atoms with E-state index in [1.165, 1.54) is 0 Å². The van der Waals surface area contributed by atoms with Gasteiger partial charge in [0, 0.05) is 31.2 Å². The maximum atomic E-state index is 11.5. The molecule has 1 aromatic heterocycles. The fourth-order valence-electron chi connectivity index (χ4n) is 1.11. The van der Waals surface area contributed by atoms with E-state index >= 15 is 0 Å². The minimum Gasteiger partial charge on any atom is -0.300 e. The fraction of sp³-hybridized carbons (Fsp3) is 0.444. The minimum atomic E-state index is 0.0189. The van der Waals surface area contributed by atoms with Crippen LogP contribution in [0.3, 0.4) is 0 Å². The summed E-state index contributed by atoms with van der Waals surface area (Å²) in [6, 6.07) is 0. The van der Waals surface area contributed by atoms with Crippen molar-refractivity contribution in [3.63, 3.8) is 0 Å². The molecule has 13 heavy (non-hydrogen) atoms. The van der Waals surface area contributed by atoms with Crippen LogP contribution in [0.4, 0.5) is 0 Å². The van der Waals surface area contributed by atoms with Gasteiger partial charge in [-0.25, -0.2) is 4.79 Å². The second kappa shape index (κ2) is 4.37. The van der Waals surface area contributed by atoms with Gasteiger partial charge in [0.05, 0.1) is 0 Å². The van der Waals surface area contributed by atoms with Crippen LogP contribution >= 0.6 is 12.6 Å². The summed E-state index contributed by atoms with van der Waals surface area (Å²) in [5.41, 5.74) is 0.963. The van der Waals surface area contributed by atoms with Crippen molar-refractivity contribution in [1.82, 2.24) is 9.13 Å². The molecular formula is C9H14N2OS. The SMILES string of the molecule is C=C(CS)Cn1ccn(CC)c1=O. The molecule has 0 aliphatic carbocycles. The average Bonchev–Trinajstić information content (AvgIpc) is 2.48. The Morgan fingerprint density at radius 1 is 1.54 bits per heavy atom. The van der Waals surface area contributed by atoms with Crippen molar-refractivity contribution in [3.05, 3.63) is 35.0 Å². The van der Waals surface area contributed by atoms with E-state index < -0.39 is 0 Å². The summed E-state index contributed by atoms with van der Waals surface area (Å²) in [6.45, 7) is 7.02. The molecule has 0 amide bonds. The van der Waals surface area contributed by atoms with Gasteiger partial charge in [0.15, 0.2) is 0 Å². The molecule has 0 aliphatic heterocycles. The third kappa shape index (κ3) is 2.28. The van der Waals surface area contributed by atoms with E-state index in [2.05, 4.69) is 19.2 Å². The van der Waals surface area contributed by atoms with Crippen LogP contribution in [0.5, 0.6) is 0 Å². The van der Waals surface area contributed by atoms with Crippen LogP contribution in [0.2, 0.25) is 0 Å². The molecule has 0 saturated carbocycles. The van der Waals surface area contributed by atoms with Gasteiger partial charge >= 0.3 is 5.69 Å². The summed E-state index contributed by atoms with van der Waals surface area (Å²) in [6.07, 6.45) is 3.56. The zero-order valence-corrected chi connectivity index (χ0v) is 8.63. The summed E-state index contributed by atoms with van der Waals surface area (Å²) in [4.78, 5) is 11.5. The third-order valence-corrected chi connectivity index (χ3v) is 2.32. The summed E-state index contributed by atoms with van der Waals surface area (Å²) in [5.74, 6) is 0.615. The van der Waals surface area contributed by atoms with Crippen LogP contribution in [0, 0.1) is 0 Å². The molecule has 1 heterocycles.